The predicted octanol–water partition coefficient (Wildman–Crippen LogP) is 0.627. The number of fused-ring (bicyclic) bond motifs is 1. The molecule has 0 spiro atoms. The molecular formula is C8H7N3O. The topological polar surface area (TPSA) is 58.6 Å². The number of aromatic amines is 1. The molecule has 2 rings (SSSR count). The second kappa shape index (κ2) is 2.41. The van der Waals surface area contributed by atoms with Gasteiger partial charge in [0.2, 0.25) is 5.56 Å². The summed E-state index contributed by atoms with van der Waals surface area (Å²) in [5.74, 6) is 0. The van der Waals surface area contributed by atoms with Crippen LogP contribution in [0.5, 0.6) is 0 Å². The summed E-state index contributed by atoms with van der Waals surface area (Å²) in [7, 11) is 0. The molecule has 0 radical (unpaired) electrons. The smallest absolute Gasteiger partial charge is 0.249 e. The molecule has 2 heterocycles. The first kappa shape index (κ1) is 6.97. The number of hydrogen-bond donors (Lipinski definition) is 1. The number of pyridine rings is 1. The maximum atomic E-state index is 11.0. The number of aryl methyl sites for hydroxylation is 1. The minimum atomic E-state index is -0.126. The van der Waals surface area contributed by atoms with E-state index in [1.165, 1.54) is 12.4 Å². The third kappa shape index (κ3) is 0.972. The molecule has 0 aliphatic heterocycles. The van der Waals surface area contributed by atoms with Gasteiger partial charge in [0.15, 0.2) is 0 Å². The lowest BCUT2D eigenvalue weighted by Crippen LogP contribution is -2.05. The van der Waals surface area contributed by atoms with Crippen molar-refractivity contribution in [2.45, 2.75) is 6.92 Å². The summed E-state index contributed by atoms with van der Waals surface area (Å²) < 4.78 is 0. The van der Waals surface area contributed by atoms with Gasteiger partial charge in [0.05, 0.1) is 0 Å². The summed E-state index contributed by atoms with van der Waals surface area (Å²) in [6.45, 7) is 1.86. The van der Waals surface area contributed by atoms with Crippen molar-refractivity contribution < 1.29 is 0 Å². The van der Waals surface area contributed by atoms with Crippen LogP contribution in [-0.2, 0) is 0 Å². The van der Waals surface area contributed by atoms with Gasteiger partial charge in [-0.1, -0.05) is 0 Å². The molecule has 0 atom stereocenters. The first-order valence-corrected chi connectivity index (χ1v) is 3.57. The molecule has 2 aromatic rings. The standard InChI is InChI=1S/C8H7N3O/c1-5-2-7(12)11-8-6(5)3-9-4-10-8/h2-4H,1H3,(H,9,10,11,12). The van der Waals surface area contributed by atoms with E-state index in [0.717, 1.165) is 10.9 Å². The van der Waals surface area contributed by atoms with Crippen LogP contribution in [0.2, 0.25) is 0 Å². The molecule has 12 heavy (non-hydrogen) atoms. The number of nitrogens with one attached hydrogen (secondary N) is 1. The number of nitrogens with zero attached hydrogens (tertiary/aromatic N) is 2. The van der Waals surface area contributed by atoms with Gasteiger partial charge in [0, 0.05) is 17.6 Å². The molecule has 2 aromatic heterocycles. The van der Waals surface area contributed by atoms with E-state index in [-0.39, 0.29) is 5.56 Å². The molecule has 4 nitrogen and oxygen atoms in total. The molecule has 0 bridgehead atoms. The van der Waals surface area contributed by atoms with Crippen LogP contribution in [0.3, 0.4) is 0 Å². The Bertz CT molecular complexity index is 475. The molecule has 0 amide bonds. The van der Waals surface area contributed by atoms with Crippen LogP contribution < -0.4 is 5.56 Å². The second-order valence-electron chi connectivity index (χ2n) is 2.60. The number of rotatable bonds is 0. The van der Waals surface area contributed by atoms with Gasteiger partial charge in [0.25, 0.3) is 0 Å². The van der Waals surface area contributed by atoms with Crippen molar-refractivity contribution in [3.05, 3.63) is 34.5 Å². The number of H-pyrrole nitrogens is 1. The Morgan fingerprint density at radius 1 is 1.50 bits per heavy atom. The van der Waals surface area contributed by atoms with E-state index < -0.39 is 0 Å². The molecular weight excluding hydrogens is 154 g/mol. The van der Waals surface area contributed by atoms with Crippen molar-refractivity contribution >= 4 is 11.0 Å². The zero-order valence-corrected chi connectivity index (χ0v) is 6.53. The maximum absolute atomic E-state index is 11.0. The summed E-state index contributed by atoms with van der Waals surface area (Å²) in [4.78, 5) is 21.4. The molecule has 60 valence electrons. The molecule has 0 aliphatic carbocycles. The third-order valence-electron chi connectivity index (χ3n) is 1.73. The number of hydrogen-bond acceptors (Lipinski definition) is 3. The zero-order valence-electron chi connectivity index (χ0n) is 6.53. The molecule has 0 saturated carbocycles. The summed E-state index contributed by atoms with van der Waals surface area (Å²) in [6, 6.07) is 1.53. The average molecular weight is 161 g/mol. The fourth-order valence-electron chi connectivity index (χ4n) is 1.14. The summed E-state index contributed by atoms with van der Waals surface area (Å²) in [5.41, 5.74) is 1.36. The van der Waals surface area contributed by atoms with Gasteiger partial charge in [-0.15, -0.1) is 0 Å². The van der Waals surface area contributed by atoms with Gasteiger partial charge >= 0.3 is 0 Å². The fourth-order valence-corrected chi connectivity index (χ4v) is 1.14. The fraction of sp³-hybridized carbons (Fsp3) is 0.125. The van der Waals surface area contributed by atoms with E-state index in [4.69, 9.17) is 0 Å². The van der Waals surface area contributed by atoms with E-state index in [1.807, 2.05) is 6.92 Å². The highest BCUT2D eigenvalue weighted by molar-refractivity contribution is 5.76. The van der Waals surface area contributed by atoms with Crippen LogP contribution in [0.25, 0.3) is 11.0 Å². The minimum absolute atomic E-state index is 0.126. The van der Waals surface area contributed by atoms with Crippen LogP contribution in [0.15, 0.2) is 23.4 Å². The lowest BCUT2D eigenvalue weighted by atomic mass is 10.2. The van der Waals surface area contributed by atoms with Crippen molar-refractivity contribution in [2.24, 2.45) is 0 Å². The van der Waals surface area contributed by atoms with E-state index in [2.05, 4.69) is 15.0 Å². The average Bonchev–Trinajstić information content (AvgIpc) is 2.04. The number of aromatic nitrogens is 3. The normalized spacial score (nSPS) is 10.4. The van der Waals surface area contributed by atoms with Crippen LogP contribution >= 0.6 is 0 Å². The van der Waals surface area contributed by atoms with E-state index in [0.29, 0.717) is 5.65 Å². The van der Waals surface area contributed by atoms with Crippen molar-refractivity contribution in [3.8, 4) is 0 Å². The Morgan fingerprint density at radius 2 is 2.33 bits per heavy atom. The van der Waals surface area contributed by atoms with Crippen molar-refractivity contribution in [1.29, 1.82) is 0 Å². The summed E-state index contributed by atoms with van der Waals surface area (Å²) >= 11 is 0. The van der Waals surface area contributed by atoms with Crippen molar-refractivity contribution in [1.82, 2.24) is 15.0 Å². The van der Waals surface area contributed by atoms with Crippen LogP contribution in [0.1, 0.15) is 5.56 Å². The maximum Gasteiger partial charge on any atom is 0.249 e. The van der Waals surface area contributed by atoms with Crippen LogP contribution in [0, 0.1) is 6.92 Å². The van der Waals surface area contributed by atoms with Crippen LogP contribution in [0.4, 0.5) is 0 Å². The van der Waals surface area contributed by atoms with Gasteiger partial charge in [-0.2, -0.15) is 0 Å². The Balaban J connectivity index is 2.99. The lowest BCUT2D eigenvalue weighted by molar-refractivity contribution is 1.15. The highest BCUT2D eigenvalue weighted by Crippen LogP contribution is 2.08. The Morgan fingerprint density at radius 3 is 3.17 bits per heavy atom. The molecule has 4 heteroatoms. The highest BCUT2D eigenvalue weighted by Gasteiger charge is 1.98. The SMILES string of the molecule is Cc1cc(=O)[nH]c2ncncc12. The van der Waals surface area contributed by atoms with Gasteiger partial charge in [-0.3, -0.25) is 4.79 Å². The zero-order chi connectivity index (χ0) is 8.55. The van der Waals surface area contributed by atoms with Crippen LogP contribution in [-0.4, -0.2) is 15.0 Å². The Hall–Kier alpha value is -1.71. The first-order valence-electron chi connectivity index (χ1n) is 3.57. The molecule has 0 unspecified atom stereocenters. The van der Waals surface area contributed by atoms with Crippen molar-refractivity contribution in [3.63, 3.8) is 0 Å². The monoisotopic (exact) mass is 161 g/mol. The summed E-state index contributed by atoms with van der Waals surface area (Å²) in [5, 5.41) is 0.886. The van der Waals surface area contributed by atoms with Gasteiger partial charge in [-0.25, -0.2) is 9.97 Å². The Kier molecular flexibility index (Phi) is 1.40. The Labute approximate surface area is 68.3 Å². The molecule has 0 fully saturated rings. The second-order valence-corrected chi connectivity index (χ2v) is 2.60. The van der Waals surface area contributed by atoms with E-state index in [9.17, 15) is 4.79 Å². The van der Waals surface area contributed by atoms with Gasteiger partial charge in [-0.05, 0) is 12.5 Å². The minimum Gasteiger partial charge on any atom is -0.306 e. The van der Waals surface area contributed by atoms with Crippen molar-refractivity contribution in [2.75, 3.05) is 0 Å². The molecule has 0 aromatic carbocycles. The quantitative estimate of drug-likeness (QED) is 0.616. The van der Waals surface area contributed by atoms with E-state index in [1.54, 1.807) is 6.20 Å². The molecule has 1 N–H and O–H groups in total. The largest absolute Gasteiger partial charge is 0.306 e. The third-order valence-corrected chi connectivity index (χ3v) is 1.73. The predicted molar refractivity (Wildman–Crippen MR) is 44.9 cm³/mol. The van der Waals surface area contributed by atoms with Gasteiger partial charge < -0.3 is 4.98 Å². The van der Waals surface area contributed by atoms with E-state index >= 15 is 0 Å². The summed E-state index contributed by atoms with van der Waals surface area (Å²) in [6.07, 6.45) is 3.10. The first-order chi connectivity index (χ1) is 5.77. The lowest BCUT2D eigenvalue weighted by Gasteiger charge is -1.97. The van der Waals surface area contributed by atoms with Gasteiger partial charge in [0.1, 0.15) is 12.0 Å². The molecule has 0 saturated heterocycles. The molecule has 0 aliphatic rings. The highest BCUT2D eigenvalue weighted by atomic mass is 16.1.